The van der Waals surface area contributed by atoms with Crippen LogP contribution in [0.5, 0.6) is 0 Å². The van der Waals surface area contributed by atoms with Crippen molar-refractivity contribution < 1.29 is 18.7 Å². The van der Waals surface area contributed by atoms with Crippen molar-refractivity contribution in [2.75, 3.05) is 50.6 Å². The number of allylic oxidation sites excluding steroid dienone is 1. The number of piperazine rings is 1. The van der Waals surface area contributed by atoms with Gasteiger partial charge in [0.25, 0.3) is 0 Å². The number of hydrogen-bond donors (Lipinski definition) is 0. The molecule has 1 aliphatic carbocycles. The van der Waals surface area contributed by atoms with Crippen LogP contribution in [-0.2, 0) is 9.53 Å². The topological polar surface area (TPSA) is 53.1 Å². The highest BCUT2D eigenvalue weighted by molar-refractivity contribution is 8.06. The molecule has 0 N–H and O–H groups in total. The number of methoxy groups -OCH3 is 1. The Bertz CT molecular complexity index is 1070. The van der Waals surface area contributed by atoms with Crippen molar-refractivity contribution in [1.29, 1.82) is 0 Å². The fourth-order valence-electron chi connectivity index (χ4n) is 5.38. The van der Waals surface area contributed by atoms with Crippen LogP contribution in [0.2, 0.25) is 0 Å². The van der Waals surface area contributed by atoms with Crippen LogP contribution in [0, 0.1) is 5.82 Å². The van der Waals surface area contributed by atoms with Gasteiger partial charge in [-0.3, -0.25) is 9.69 Å². The third-order valence-corrected chi connectivity index (χ3v) is 8.23. The molecule has 4 aliphatic rings. The summed E-state index contributed by atoms with van der Waals surface area (Å²) < 4.78 is 20.6. The maximum Gasteiger partial charge on any atom is 0.342 e. The predicted molar refractivity (Wildman–Crippen MR) is 120 cm³/mol. The van der Waals surface area contributed by atoms with Crippen LogP contribution in [-0.4, -0.2) is 69.6 Å². The number of ketones is 1. The number of hydrogen-bond acceptors (Lipinski definition) is 7. The first-order chi connectivity index (χ1) is 14.7. The van der Waals surface area contributed by atoms with Gasteiger partial charge >= 0.3 is 5.97 Å². The molecule has 0 aromatic heterocycles. The molecule has 1 aromatic carbocycles. The van der Waals surface area contributed by atoms with Gasteiger partial charge in [0, 0.05) is 60.7 Å². The Balaban J connectivity index is 1.73. The van der Waals surface area contributed by atoms with Gasteiger partial charge in [0.05, 0.1) is 18.5 Å². The minimum Gasteiger partial charge on any atom is -0.465 e. The molecule has 0 amide bonds. The summed E-state index contributed by atoms with van der Waals surface area (Å²) >= 11 is 1.42. The Labute approximate surface area is 185 Å². The van der Waals surface area contributed by atoms with Gasteiger partial charge in [0.1, 0.15) is 11.4 Å². The number of Topliss-reactive ketones (excluding diaryl/α,β-unsaturated/α-hetero) is 1. The third-order valence-electron chi connectivity index (χ3n) is 7.11. The van der Waals surface area contributed by atoms with E-state index in [1.807, 2.05) is 17.4 Å². The molecule has 1 saturated heterocycles. The quantitative estimate of drug-likeness (QED) is 0.514. The van der Waals surface area contributed by atoms with E-state index in [0.717, 1.165) is 16.8 Å². The molecule has 0 radical (unpaired) electrons. The highest BCUT2D eigenvalue weighted by Crippen LogP contribution is 2.58. The Morgan fingerprint density at radius 3 is 2.52 bits per heavy atom. The Hall–Kier alpha value is -2.32. The van der Waals surface area contributed by atoms with Gasteiger partial charge in [0.2, 0.25) is 5.78 Å². The Morgan fingerprint density at radius 1 is 1.19 bits per heavy atom. The number of ether oxygens (including phenoxy) is 1. The summed E-state index contributed by atoms with van der Waals surface area (Å²) in [7, 11) is 5.32. The molecule has 3 atom stereocenters. The van der Waals surface area contributed by atoms with Crippen molar-refractivity contribution in [3.05, 3.63) is 44.5 Å². The first-order valence-corrected chi connectivity index (χ1v) is 11.4. The number of benzene rings is 1. The normalized spacial score (nSPS) is 27.5. The van der Waals surface area contributed by atoms with Crippen LogP contribution in [0.4, 0.5) is 15.8 Å². The smallest absolute Gasteiger partial charge is 0.342 e. The van der Waals surface area contributed by atoms with Gasteiger partial charge < -0.3 is 14.5 Å². The van der Waals surface area contributed by atoms with Gasteiger partial charge in [-0.1, -0.05) is 0 Å². The van der Waals surface area contributed by atoms with Gasteiger partial charge in [-0.25, -0.2) is 9.18 Å². The Morgan fingerprint density at radius 2 is 1.87 bits per heavy atom. The number of rotatable bonds is 2. The van der Waals surface area contributed by atoms with E-state index in [2.05, 4.69) is 30.7 Å². The average Bonchev–Trinajstić information content (AvgIpc) is 3.14. The second kappa shape index (κ2) is 7.10. The largest absolute Gasteiger partial charge is 0.465 e. The molecule has 164 valence electrons. The second-order valence-electron chi connectivity index (χ2n) is 8.94. The molecule has 0 spiro atoms. The summed E-state index contributed by atoms with van der Waals surface area (Å²) in [5.41, 5.74) is 3.62. The molecule has 5 rings (SSSR count). The predicted octanol–water partition coefficient (Wildman–Crippen LogP) is 3.14. The number of nitrogens with zero attached hydrogens (tertiary/aromatic N) is 3. The third kappa shape index (κ3) is 2.80. The van der Waals surface area contributed by atoms with Crippen LogP contribution in [0.25, 0.3) is 0 Å². The summed E-state index contributed by atoms with van der Waals surface area (Å²) in [6.45, 7) is 6.35. The summed E-state index contributed by atoms with van der Waals surface area (Å²) in [6, 6.07) is 1.89. The zero-order valence-corrected chi connectivity index (χ0v) is 19.2. The molecule has 1 unspecified atom stereocenters. The summed E-state index contributed by atoms with van der Waals surface area (Å²) in [6.07, 6.45) is 0. The van der Waals surface area contributed by atoms with Gasteiger partial charge in [-0.05, 0) is 37.9 Å². The van der Waals surface area contributed by atoms with E-state index in [-0.39, 0.29) is 29.1 Å². The molecule has 8 heteroatoms. The zero-order valence-electron chi connectivity index (χ0n) is 18.4. The summed E-state index contributed by atoms with van der Waals surface area (Å²) in [5, 5.41) is 2.02. The van der Waals surface area contributed by atoms with E-state index in [0.29, 0.717) is 30.2 Å². The number of anilines is 2. The van der Waals surface area contributed by atoms with Gasteiger partial charge in [-0.2, -0.15) is 0 Å². The molecule has 3 heterocycles. The fraction of sp³-hybridized carbons (Fsp3) is 0.478. The molecule has 0 bridgehead atoms. The van der Waals surface area contributed by atoms with E-state index >= 15 is 4.39 Å². The lowest BCUT2D eigenvalue weighted by atomic mass is 9.75. The molecule has 3 aliphatic heterocycles. The van der Waals surface area contributed by atoms with E-state index in [1.54, 1.807) is 0 Å². The molecule has 6 nitrogen and oxygen atoms in total. The number of thioether (sulfide) groups is 1. The van der Waals surface area contributed by atoms with Crippen molar-refractivity contribution in [2.24, 2.45) is 0 Å². The maximum atomic E-state index is 15.7. The minimum absolute atomic E-state index is 0.0424. The molecule has 1 aromatic rings. The van der Waals surface area contributed by atoms with Gasteiger partial charge in [0.15, 0.2) is 0 Å². The van der Waals surface area contributed by atoms with E-state index < -0.39 is 17.6 Å². The highest BCUT2D eigenvalue weighted by Gasteiger charge is 2.47. The van der Waals surface area contributed by atoms with Crippen LogP contribution in [0.1, 0.15) is 35.7 Å². The lowest BCUT2D eigenvalue weighted by Gasteiger charge is -2.46. The molecule has 31 heavy (non-hydrogen) atoms. The minimum atomic E-state index is -0.653. The van der Waals surface area contributed by atoms with Crippen LogP contribution in [0.15, 0.2) is 27.5 Å². The SMILES string of the molecule is COC(=O)C1=C2SC=C3CN(C)c4c(c(cc(F)c4N4C[C@@H](C)N(C)[C@@H](C)C4)C1=O)C32. The highest BCUT2D eigenvalue weighted by atomic mass is 32.2. The lowest BCUT2D eigenvalue weighted by molar-refractivity contribution is -0.135. The molecule has 1 fully saturated rings. The molecule has 0 saturated carbocycles. The van der Waals surface area contributed by atoms with Crippen molar-refractivity contribution in [3.63, 3.8) is 0 Å². The lowest BCUT2D eigenvalue weighted by Crippen LogP contribution is -2.55. The standard InChI is InChI=1S/C23H26FN3O3S/c1-11-7-27(8-12(2)26(11)4)19-15(24)6-14-17-16-13(9-25(3)20(17)19)10-31-22(16)18(21(14)28)23(29)30-5/h6,10-12,16H,7-9H2,1-5H3/t11-,12+,16?. The van der Waals surface area contributed by atoms with Crippen LogP contribution >= 0.6 is 11.8 Å². The van der Waals surface area contributed by atoms with Crippen molar-refractivity contribution in [3.8, 4) is 0 Å². The van der Waals surface area contributed by atoms with E-state index in [9.17, 15) is 9.59 Å². The first kappa shape index (κ1) is 20.6. The van der Waals surface area contributed by atoms with Crippen molar-refractivity contribution in [2.45, 2.75) is 31.8 Å². The number of carbonyl (C=O) groups excluding carboxylic acids is 2. The number of esters is 1. The van der Waals surface area contributed by atoms with Crippen molar-refractivity contribution in [1.82, 2.24) is 4.90 Å². The Kier molecular flexibility index (Phi) is 4.71. The second-order valence-corrected chi connectivity index (χ2v) is 9.86. The fourth-order valence-corrected chi connectivity index (χ4v) is 6.57. The monoisotopic (exact) mass is 443 g/mol. The molecular formula is C23H26FN3O3S. The van der Waals surface area contributed by atoms with E-state index in [1.165, 1.54) is 24.9 Å². The number of likely N-dealkylation sites (N-methyl/N-ethyl adjacent to an activating group) is 2. The maximum absolute atomic E-state index is 15.7. The first-order valence-electron chi connectivity index (χ1n) is 10.5. The zero-order chi connectivity index (χ0) is 22.2. The molecular weight excluding hydrogens is 417 g/mol. The summed E-state index contributed by atoms with van der Waals surface area (Å²) in [5.74, 6) is -1.69. The van der Waals surface area contributed by atoms with Crippen LogP contribution in [0.3, 0.4) is 0 Å². The van der Waals surface area contributed by atoms with Gasteiger partial charge in [-0.15, -0.1) is 11.8 Å². The summed E-state index contributed by atoms with van der Waals surface area (Å²) in [4.78, 5) is 33.0. The van der Waals surface area contributed by atoms with E-state index in [4.69, 9.17) is 4.74 Å². The van der Waals surface area contributed by atoms with Crippen molar-refractivity contribution >= 4 is 34.9 Å². The number of carbonyl (C=O) groups is 2. The number of halogens is 1. The van der Waals surface area contributed by atoms with Crippen LogP contribution < -0.4 is 9.80 Å². The average molecular weight is 444 g/mol.